The van der Waals surface area contributed by atoms with Crippen LogP contribution in [0.15, 0.2) is 71.5 Å². The van der Waals surface area contributed by atoms with Gasteiger partial charge in [-0.25, -0.2) is 4.79 Å². The topological polar surface area (TPSA) is 86.8 Å². The van der Waals surface area contributed by atoms with Crippen LogP contribution in [0.2, 0.25) is 0 Å². The van der Waals surface area contributed by atoms with Crippen molar-refractivity contribution in [3.05, 3.63) is 88.2 Å². The Hall–Kier alpha value is -3.39. The fourth-order valence-electron chi connectivity index (χ4n) is 2.95. The van der Waals surface area contributed by atoms with Crippen LogP contribution in [0.25, 0.3) is 0 Å². The van der Waals surface area contributed by atoms with E-state index in [2.05, 4.69) is 26.2 Å². The van der Waals surface area contributed by atoms with Gasteiger partial charge in [0.05, 0.1) is 13.7 Å². The fraction of sp³-hybridized carbons (Fsp3) is 0.208. The van der Waals surface area contributed by atoms with E-state index in [4.69, 9.17) is 14.2 Å². The molecule has 1 amide bonds. The molecular weight excluding hydrogens is 476 g/mol. The first-order valence-electron chi connectivity index (χ1n) is 9.94. The fourth-order valence-corrected chi connectivity index (χ4v) is 3.21. The first-order valence-corrected chi connectivity index (χ1v) is 10.7. The Kier molecular flexibility index (Phi) is 8.21. The van der Waals surface area contributed by atoms with E-state index in [-0.39, 0.29) is 0 Å². The molecule has 1 aromatic heterocycles. The van der Waals surface area contributed by atoms with E-state index in [1.54, 1.807) is 54.9 Å². The van der Waals surface area contributed by atoms with Crippen molar-refractivity contribution in [1.82, 2.24) is 10.3 Å². The normalized spacial score (nSPS) is 11.3. The van der Waals surface area contributed by atoms with E-state index >= 15 is 0 Å². The largest absolute Gasteiger partial charge is 0.490 e. The number of rotatable bonds is 9. The molecule has 166 valence electrons. The molecule has 0 radical (unpaired) electrons. The third kappa shape index (κ3) is 6.07. The molecule has 0 spiro atoms. The number of hydrogen-bond donors (Lipinski definition) is 1. The van der Waals surface area contributed by atoms with Crippen molar-refractivity contribution in [1.29, 1.82) is 0 Å². The van der Waals surface area contributed by atoms with Crippen LogP contribution < -0.4 is 14.8 Å². The van der Waals surface area contributed by atoms with Crippen molar-refractivity contribution in [2.24, 2.45) is 0 Å². The van der Waals surface area contributed by atoms with Crippen LogP contribution >= 0.6 is 15.9 Å². The molecule has 3 aromatic rings. The molecule has 0 aliphatic heterocycles. The average Bonchev–Trinajstić information content (AvgIpc) is 2.82. The number of benzene rings is 2. The molecule has 1 atom stereocenters. The minimum absolute atomic E-state index is 0.313. The first-order chi connectivity index (χ1) is 15.5. The van der Waals surface area contributed by atoms with Crippen molar-refractivity contribution < 1.29 is 23.8 Å². The lowest BCUT2D eigenvalue weighted by Gasteiger charge is -2.18. The summed E-state index contributed by atoms with van der Waals surface area (Å²) >= 11 is 3.36. The van der Waals surface area contributed by atoms with Crippen LogP contribution in [-0.4, -0.2) is 30.6 Å². The van der Waals surface area contributed by atoms with Gasteiger partial charge in [0, 0.05) is 28.0 Å². The van der Waals surface area contributed by atoms with Crippen molar-refractivity contribution >= 4 is 27.8 Å². The van der Waals surface area contributed by atoms with Gasteiger partial charge in [-0.1, -0.05) is 34.1 Å². The summed E-state index contributed by atoms with van der Waals surface area (Å²) in [5, 5.41) is 2.73. The minimum Gasteiger partial charge on any atom is -0.490 e. The molecule has 0 aliphatic carbocycles. The number of pyridine rings is 1. The summed E-state index contributed by atoms with van der Waals surface area (Å²) in [4.78, 5) is 29.3. The number of nitrogens with one attached hydrogen (secondary N) is 1. The molecule has 3 rings (SSSR count). The Balaban J connectivity index is 1.79. The summed E-state index contributed by atoms with van der Waals surface area (Å²) in [6.07, 6.45) is 3.41. The standard InChI is InChI=1S/C24H23BrN2O5/c1-3-31-21-13-18(8-11-20(21)32-15-16-5-4-12-26-14-16)23(28)27-22(24(29)30-2)17-6-9-19(25)10-7-17/h4-14,22H,3,15H2,1-2H3,(H,27,28). The summed E-state index contributed by atoms with van der Waals surface area (Å²) < 4.78 is 17.3. The number of carbonyl (C=O) groups excluding carboxylic acids is 2. The van der Waals surface area contributed by atoms with Crippen molar-refractivity contribution in [3.63, 3.8) is 0 Å². The second kappa shape index (κ2) is 11.3. The van der Waals surface area contributed by atoms with E-state index in [0.717, 1.165) is 10.0 Å². The zero-order valence-corrected chi connectivity index (χ0v) is 19.3. The zero-order chi connectivity index (χ0) is 22.9. The van der Waals surface area contributed by atoms with Crippen LogP contribution in [0.1, 0.15) is 34.5 Å². The number of amides is 1. The maximum atomic E-state index is 12.9. The quantitative estimate of drug-likeness (QED) is 0.438. The molecule has 2 aromatic carbocycles. The third-order valence-corrected chi connectivity index (χ3v) is 5.07. The lowest BCUT2D eigenvalue weighted by atomic mass is 10.1. The highest BCUT2D eigenvalue weighted by molar-refractivity contribution is 9.10. The van der Waals surface area contributed by atoms with Crippen molar-refractivity contribution in [2.45, 2.75) is 19.6 Å². The monoisotopic (exact) mass is 498 g/mol. The first kappa shape index (κ1) is 23.3. The smallest absolute Gasteiger partial charge is 0.333 e. The Labute approximate surface area is 194 Å². The van der Waals surface area contributed by atoms with E-state index in [1.807, 2.05) is 19.1 Å². The van der Waals surface area contributed by atoms with Crippen LogP contribution in [0.3, 0.4) is 0 Å². The van der Waals surface area contributed by atoms with Gasteiger partial charge in [0.1, 0.15) is 6.61 Å². The number of carbonyl (C=O) groups is 2. The second-order valence-electron chi connectivity index (χ2n) is 6.73. The Morgan fingerprint density at radius 1 is 1.06 bits per heavy atom. The van der Waals surface area contributed by atoms with Gasteiger partial charge in [-0.15, -0.1) is 0 Å². The molecule has 0 bridgehead atoms. The summed E-state index contributed by atoms with van der Waals surface area (Å²) in [7, 11) is 1.28. The van der Waals surface area contributed by atoms with E-state index in [9.17, 15) is 9.59 Å². The number of nitrogens with zero attached hydrogens (tertiary/aromatic N) is 1. The van der Waals surface area contributed by atoms with E-state index < -0.39 is 17.9 Å². The number of aromatic nitrogens is 1. The molecule has 32 heavy (non-hydrogen) atoms. The SMILES string of the molecule is CCOc1cc(C(=O)NC(C(=O)OC)c2ccc(Br)cc2)ccc1OCc1cccnc1. The molecule has 8 heteroatoms. The summed E-state index contributed by atoms with van der Waals surface area (Å²) in [6.45, 7) is 2.56. The average molecular weight is 499 g/mol. The van der Waals surface area contributed by atoms with Crippen molar-refractivity contribution in [3.8, 4) is 11.5 Å². The summed E-state index contributed by atoms with van der Waals surface area (Å²) in [5.74, 6) is -0.0720. The summed E-state index contributed by atoms with van der Waals surface area (Å²) in [5.41, 5.74) is 1.84. The van der Waals surface area contributed by atoms with Crippen LogP contribution in [-0.2, 0) is 16.1 Å². The molecular formula is C24H23BrN2O5. The molecule has 0 aliphatic rings. The molecule has 1 unspecified atom stereocenters. The molecule has 0 saturated heterocycles. The predicted octanol–water partition coefficient (Wildman–Crippen LogP) is 4.47. The number of esters is 1. The number of hydrogen-bond acceptors (Lipinski definition) is 6. The lowest BCUT2D eigenvalue weighted by molar-refractivity contribution is -0.143. The highest BCUT2D eigenvalue weighted by atomic mass is 79.9. The van der Waals surface area contributed by atoms with Gasteiger partial charge in [-0.05, 0) is 48.9 Å². The Morgan fingerprint density at radius 2 is 1.84 bits per heavy atom. The molecule has 7 nitrogen and oxygen atoms in total. The lowest BCUT2D eigenvalue weighted by Crippen LogP contribution is -2.34. The number of halogens is 1. The van der Waals surface area contributed by atoms with Gasteiger partial charge in [0.15, 0.2) is 17.5 Å². The maximum Gasteiger partial charge on any atom is 0.333 e. The highest BCUT2D eigenvalue weighted by Crippen LogP contribution is 2.30. The Morgan fingerprint density at radius 3 is 2.50 bits per heavy atom. The van der Waals surface area contributed by atoms with E-state index in [0.29, 0.717) is 35.8 Å². The zero-order valence-electron chi connectivity index (χ0n) is 17.7. The van der Waals surface area contributed by atoms with Crippen LogP contribution in [0, 0.1) is 0 Å². The van der Waals surface area contributed by atoms with Gasteiger partial charge in [0.25, 0.3) is 5.91 Å². The Bertz CT molecular complexity index is 1060. The molecule has 1 heterocycles. The highest BCUT2D eigenvalue weighted by Gasteiger charge is 2.24. The van der Waals surface area contributed by atoms with E-state index in [1.165, 1.54) is 7.11 Å². The summed E-state index contributed by atoms with van der Waals surface area (Å²) in [6, 6.07) is 14.7. The van der Waals surface area contributed by atoms with Gasteiger partial charge >= 0.3 is 5.97 Å². The van der Waals surface area contributed by atoms with Gasteiger partial charge in [0.2, 0.25) is 0 Å². The predicted molar refractivity (Wildman–Crippen MR) is 123 cm³/mol. The van der Waals surface area contributed by atoms with Gasteiger partial charge < -0.3 is 19.5 Å². The second-order valence-corrected chi connectivity index (χ2v) is 7.64. The maximum absolute atomic E-state index is 12.9. The number of ether oxygens (including phenoxy) is 3. The molecule has 0 fully saturated rings. The van der Waals surface area contributed by atoms with Gasteiger partial charge in [-0.3, -0.25) is 9.78 Å². The third-order valence-electron chi connectivity index (χ3n) is 4.54. The number of methoxy groups -OCH3 is 1. The molecule has 0 saturated carbocycles. The van der Waals surface area contributed by atoms with Gasteiger partial charge in [-0.2, -0.15) is 0 Å². The van der Waals surface area contributed by atoms with Crippen LogP contribution in [0.4, 0.5) is 0 Å². The van der Waals surface area contributed by atoms with Crippen molar-refractivity contribution in [2.75, 3.05) is 13.7 Å². The molecule has 1 N–H and O–H groups in total. The minimum atomic E-state index is -0.947. The van der Waals surface area contributed by atoms with Crippen LogP contribution in [0.5, 0.6) is 11.5 Å².